The number of carbonyl (C=O) groups is 1. The Kier molecular flexibility index (Phi) is 10.0. The first-order valence-corrected chi connectivity index (χ1v) is 11.5. The average molecular weight is 562 g/mol. The molecule has 0 spiro atoms. The van der Waals surface area contributed by atoms with E-state index in [2.05, 4.69) is 25.3 Å². The Hall–Kier alpha value is -1.59. The Bertz CT molecular complexity index is 751. The van der Waals surface area contributed by atoms with Crippen LogP contribution >= 0.6 is 24.0 Å². The number of ether oxygens (including phenoxy) is 1. The van der Waals surface area contributed by atoms with Crippen LogP contribution in [-0.4, -0.2) is 76.9 Å². The average Bonchev–Trinajstić information content (AvgIpc) is 3.44. The van der Waals surface area contributed by atoms with Gasteiger partial charge >= 0.3 is 6.09 Å². The number of piperidine rings is 1. The summed E-state index contributed by atoms with van der Waals surface area (Å²) in [4.78, 5) is 25.8. The van der Waals surface area contributed by atoms with Crippen molar-refractivity contribution in [1.82, 2.24) is 25.3 Å². The smallest absolute Gasteiger partial charge is 0.410 e. The Labute approximate surface area is 208 Å². The van der Waals surface area contributed by atoms with E-state index in [1.165, 1.54) is 12.8 Å². The molecule has 32 heavy (non-hydrogen) atoms. The van der Waals surface area contributed by atoms with Crippen LogP contribution in [0.1, 0.15) is 64.6 Å². The lowest BCUT2D eigenvalue weighted by molar-refractivity contribution is 0.00928. The fourth-order valence-corrected chi connectivity index (χ4v) is 3.87. The number of carbonyl (C=O) groups excluding carboxylic acids is 1. The first-order chi connectivity index (χ1) is 14.7. The summed E-state index contributed by atoms with van der Waals surface area (Å²) in [5.41, 5.74) is -0.467. The van der Waals surface area contributed by atoms with Crippen molar-refractivity contribution in [3.63, 3.8) is 0 Å². The van der Waals surface area contributed by atoms with Crippen molar-refractivity contribution in [1.29, 1.82) is 0 Å². The summed E-state index contributed by atoms with van der Waals surface area (Å²) in [6.45, 7) is 11.0. The summed E-state index contributed by atoms with van der Waals surface area (Å²) in [6.07, 6.45) is 5.76. The van der Waals surface area contributed by atoms with Crippen LogP contribution in [0.5, 0.6) is 0 Å². The van der Waals surface area contributed by atoms with E-state index in [0.717, 1.165) is 57.8 Å². The summed E-state index contributed by atoms with van der Waals surface area (Å²) in [6, 6.07) is 0.227. The Morgan fingerprint density at radius 2 is 1.97 bits per heavy atom. The predicted molar refractivity (Wildman–Crippen MR) is 134 cm³/mol. The Morgan fingerprint density at radius 1 is 1.28 bits per heavy atom. The minimum absolute atomic E-state index is 0. The van der Waals surface area contributed by atoms with Crippen molar-refractivity contribution < 1.29 is 14.1 Å². The minimum atomic E-state index is -0.467. The van der Waals surface area contributed by atoms with Gasteiger partial charge < -0.3 is 24.4 Å². The molecule has 1 amide bonds. The number of nitrogens with one attached hydrogen (secondary N) is 1. The van der Waals surface area contributed by atoms with Crippen LogP contribution in [0.15, 0.2) is 9.52 Å². The van der Waals surface area contributed by atoms with Gasteiger partial charge in [0.15, 0.2) is 11.8 Å². The maximum Gasteiger partial charge on any atom is 0.410 e. The van der Waals surface area contributed by atoms with Gasteiger partial charge in [0.1, 0.15) is 5.60 Å². The van der Waals surface area contributed by atoms with Gasteiger partial charge in [-0.1, -0.05) is 5.16 Å². The molecule has 9 nitrogen and oxygen atoms in total. The Balaban J connectivity index is 0.00000363. The maximum atomic E-state index is 12.8. The fraction of sp³-hybridized carbons (Fsp3) is 0.818. The summed E-state index contributed by atoms with van der Waals surface area (Å²) in [5.74, 6) is 2.89. The number of amides is 1. The van der Waals surface area contributed by atoms with Crippen molar-refractivity contribution in [3.05, 3.63) is 11.7 Å². The lowest BCUT2D eigenvalue weighted by Gasteiger charge is -2.40. The van der Waals surface area contributed by atoms with E-state index in [1.807, 2.05) is 39.6 Å². The standard InChI is InChI=1S/C22H38N6O3.HI/c1-16-25-19(31-26-16)7-6-12-24-20(23-5)27-13-10-18(11-14-27)28(15-17-8-9-17)21(29)30-22(2,3)4;/h17-18H,6-15H2,1-5H3,(H,23,24);1H. The molecule has 0 bridgehead atoms. The zero-order chi connectivity index (χ0) is 22.4. The van der Waals surface area contributed by atoms with Crippen molar-refractivity contribution >= 4 is 36.0 Å². The summed E-state index contributed by atoms with van der Waals surface area (Å²) in [7, 11) is 1.82. The van der Waals surface area contributed by atoms with Gasteiger partial charge in [-0.15, -0.1) is 24.0 Å². The zero-order valence-electron chi connectivity index (χ0n) is 20.1. The lowest BCUT2D eigenvalue weighted by Crippen LogP contribution is -2.52. The third-order valence-electron chi connectivity index (χ3n) is 5.62. The fourth-order valence-electron chi connectivity index (χ4n) is 3.87. The van der Waals surface area contributed by atoms with Gasteiger partial charge in [0.05, 0.1) is 0 Å². The predicted octanol–water partition coefficient (Wildman–Crippen LogP) is 3.62. The number of aryl methyl sites for hydroxylation is 2. The van der Waals surface area contributed by atoms with Gasteiger partial charge in [0.2, 0.25) is 5.89 Å². The molecule has 1 aliphatic carbocycles. The molecule has 0 unspecified atom stereocenters. The van der Waals surface area contributed by atoms with Crippen molar-refractivity contribution in [2.24, 2.45) is 10.9 Å². The molecule has 1 saturated carbocycles. The minimum Gasteiger partial charge on any atom is -0.444 e. The van der Waals surface area contributed by atoms with Gasteiger partial charge in [0, 0.05) is 45.7 Å². The molecule has 0 atom stereocenters. The highest BCUT2D eigenvalue weighted by Gasteiger charge is 2.35. The number of aliphatic imine (C=N–C) groups is 1. The Morgan fingerprint density at radius 3 is 2.50 bits per heavy atom. The van der Waals surface area contributed by atoms with E-state index < -0.39 is 5.60 Å². The van der Waals surface area contributed by atoms with Crippen LogP contribution < -0.4 is 5.32 Å². The third-order valence-corrected chi connectivity index (χ3v) is 5.62. The quantitative estimate of drug-likeness (QED) is 0.235. The molecule has 3 rings (SSSR count). The molecule has 1 aliphatic heterocycles. The molecule has 0 radical (unpaired) electrons. The summed E-state index contributed by atoms with van der Waals surface area (Å²) < 4.78 is 10.9. The zero-order valence-corrected chi connectivity index (χ0v) is 22.4. The van der Waals surface area contributed by atoms with E-state index >= 15 is 0 Å². The molecular weight excluding hydrogens is 523 g/mol. The van der Waals surface area contributed by atoms with Gasteiger partial charge in [-0.05, 0) is 65.7 Å². The molecule has 1 aromatic heterocycles. The molecule has 182 valence electrons. The lowest BCUT2D eigenvalue weighted by atomic mass is 10.0. The van der Waals surface area contributed by atoms with E-state index in [4.69, 9.17) is 9.26 Å². The van der Waals surface area contributed by atoms with E-state index in [1.54, 1.807) is 0 Å². The largest absolute Gasteiger partial charge is 0.444 e. The number of nitrogens with zero attached hydrogens (tertiary/aromatic N) is 5. The van der Waals surface area contributed by atoms with Crippen LogP contribution in [-0.2, 0) is 11.2 Å². The number of halogens is 1. The highest BCUT2D eigenvalue weighted by molar-refractivity contribution is 14.0. The topological polar surface area (TPSA) is 96.1 Å². The molecular formula is C22H39IN6O3. The molecule has 1 aromatic rings. The third kappa shape index (κ3) is 8.40. The number of aromatic nitrogens is 2. The molecule has 2 aliphatic rings. The molecule has 10 heteroatoms. The van der Waals surface area contributed by atoms with Crippen LogP contribution in [0, 0.1) is 12.8 Å². The van der Waals surface area contributed by atoms with Gasteiger partial charge in [-0.3, -0.25) is 4.99 Å². The summed E-state index contributed by atoms with van der Waals surface area (Å²) >= 11 is 0. The molecule has 2 heterocycles. The SMILES string of the molecule is CN=C(NCCCc1nc(C)no1)N1CCC(N(CC2CC2)C(=O)OC(C)(C)C)CC1.I. The van der Waals surface area contributed by atoms with Crippen LogP contribution in [0.3, 0.4) is 0 Å². The van der Waals surface area contributed by atoms with Crippen molar-refractivity contribution in [3.8, 4) is 0 Å². The second kappa shape index (κ2) is 12.0. The van der Waals surface area contributed by atoms with E-state index in [9.17, 15) is 4.79 Å². The molecule has 2 fully saturated rings. The second-order valence-electron chi connectivity index (χ2n) is 9.61. The van der Waals surface area contributed by atoms with Gasteiger partial charge in [-0.25, -0.2) is 4.79 Å². The number of rotatable bonds is 7. The highest BCUT2D eigenvalue weighted by atomic mass is 127. The van der Waals surface area contributed by atoms with Crippen molar-refractivity contribution in [2.45, 2.75) is 77.9 Å². The number of hydrogen-bond donors (Lipinski definition) is 1. The van der Waals surface area contributed by atoms with Crippen LogP contribution in [0.2, 0.25) is 0 Å². The number of guanidine groups is 1. The number of hydrogen-bond acceptors (Lipinski definition) is 6. The molecule has 1 N–H and O–H groups in total. The van der Waals surface area contributed by atoms with E-state index in [0.29, 0.717) is 17.6 Å². The van der Waals surface area contributed by atoms with Crippen molar-refractivity contribution in [2.75, 3.05) is 33.2 Å². The van der Waals surface area contributed by atoms with Gasteiger partial charge in [0.25, 0.3) is 0 Å². The van der Waals surface area contributed by atoms with E-state index in [-0.39, 0.29) is 36.1 Å². The maximum absolute atomic E-state index is 12.8. The summed E-state index contributed by atoms with van der Waals surface area (Å²) in [5, 5.41) is 7.26. The van der Waals surface area contributed by atoms with Gasteiger partial charge in [-0.2, -0.15) is 4.98 Å². The second-order valence-corrected chi connectivity index (χ2v) is 9.61. The normalized spacial score (nSPS) is 17.7. The van der Waals surface area contributed by atoms with Crippen LogP contribution in [0.4, 0.5) is 4.79 Å². The molecule has 1 saturated heterocycles. The van der Waals surface area contributed by atoms with Crippen LogP contribution in [0.25, 0.3) is 0 Å². The first-order valence-electron chi connectivity index (χ1n) is 11.5. The highest BCUT2D eigenvalue weighted by Crippen LogP contribution is 2.32. The monoisotopic (exact) mass is 562 g/mol. The molecule has 0 aromatic carbocycles. The first kappa shape index (κ1) is 26.7. The number of likely N-dealkylation sites (tertiary alicyclic amines) is 1.